The van der Waals surface area contributed by atoms with Crippen LogP contribution in [0.4, 0.5) is 10.1 Å². The number of nitrogens with zero attached hydrogens (tertiary/aromatic N) is 1. The van der Waals surface area contributed by atoms with E-state index in [9.17, 15) is 9.18 Å². The summed E-state index contributed by atoms with van der Waals surface area (Å²) in [6, 6.07) is 11.9. The number of carbonyl (C=O) groups excluding carboxylic acids is 1. The van der Waals surface area contributed by atoms with E-state index in [2.05, 4.69) is 0 Å². The van der Waals surface area contributed by atoms with Gasteiger partial charge < -0.3 is 9.64 Å². The Morgan fingerprint density at radius 3 is 2.80 bits per heavy atom. The van der Waals surface area contributed by atoms with Crippen molar-refractivity contribution in [2.45, 2.75) is 6.54 Å². The Morgan fingerprint density at radius 1 is 1.15 bits per heavy atom. The molecule has 0 atom stereocenters. The first-order valence-electron chi connectivity index (χ1n) is 6.12. The second-order valence-electron chi connectivity index (χ2n) is 4.45. The number of rotatable bonds is 1. The number of amides is 1. The van der Waals surface area contributed by atoms with Gasteiger partial charge in [0.2, 0.25) is 0 Å². The maximum absolute atomic E-state index is 14.1. The number of para-hydroxylation sites is 1. The number of anilines is 1. The number of ether oxygens (including phenoxy) is 1. The fourth-order valence-electron chi connectivity index (χ4n) is 2.17. The molecule has 1 heterocycles. The molecule has 0 saturated heterocycles. The van der Waals surface area contributed by atoms with Crippen LogP contribution >= 0.6 is 11.6 Å². The fraction of sp³-hybridized carbons (Fsp3) is 0.133. The summed E-state index contributed by atoms with van der Waals surface area (Å²) in [5.41, 5.74) is 1.00. The lowest BCUT2D eigenvalue weighted by molar-refractivity contribution is -0.120. The molecular weight excluding hydrogens is 281 g/mol. The molecule has 1 aliphatic rings. The number of benzene rings is 2. The summed E-state index contributed by atoms with van der Waals surface area (Å²) in [6.45, 7) is 0.134. The smallest absolute Gasteiger partial charge is 0.265 e. The van der Waals surface area contributed by atoms with Crippen molar-refractivity contribution in [3.8, 4) is 5.75 Å². The highest BCUT2D eigenvalue weighted by Crippen LogP contribution is 2.30. The summed E-state index contributed by atoms with van der Waals surface area (Å²) >= 11 is 5.78. The standard InChI is InChI=1S/C15H11ClFNO2/c16-11-5-3-6-12(15(11)17)18-8-10-4-1-2-7-13(10)20-9-14(18)19/h1-7H,8-9H2. The molecule has 0 aromatic heterocycles. The molecule has 0 fully saturated rings. The van der Waals surface area contributed by atoms with Crippen molar-refractivity contribution >= 4 is 23.2 Å². The van der Waals surface area contributed by atoms with E-state index < -0.39 is 5.82 Å². The van der Waals surface area contributed by atoms with Crippen LogP contribution in [0.5, 0.6) is 5.75 Å². The second-order valence-corrected chi connectivity index (χ2v) is 4.86. The third-order valence-corrected chi connectivity index (χ3v) is 3.47. The van der Waals surface area contributed by atoms with Crippen LogP contribution in [0.25, 0.3) is 0 Å². The van der Waals surface area contributed by atoms with Crippen molar-refractivity contribution in [1.82, 2.24) is 0 Å². The zero-order chi connectivity index (χ0) is 14.1. The topological polar surface area (TPSA) is 29.5 Å². The maximum atomic E-state index is 14.1. The molecule has 3 rings (SSSR count). The first-order valence-corrected chi connectivity index (χ1v) is 6.49. The molecule has 0 N–H and O–H groups in total. The molecule has 0 unspecified atom stereocenters. The Kier molecular flexibility index (Phi) is 3.32. The van der Waals surface area contributed by atoms with E-state index in [-0.39, 0.29) is 29.8 Å². The van der Waals surface area contributed by atoms with E-state index in [1.807, 2.05) is 18.2 Å². The highest BCUT2D eigenvalue weighted by Gasteiger charge is 2.25. The van der Waals surface area contributed by atoms with Gasteiger partial charge in [0.1, 0.15) is 5.75 Å². The van der Waals surface area contributed by atoms with Gasteiger partial charge >= 0.3 is 0 Å². The van der Waals surface area contributed by atoms with Gasteiger partial charge in [-0.1, -0.05) is 35.9 Å². The lowest BCUT2D eigenvalue weighted by atomic mass is 10.1. The van der Waals surface area contributed by atoms with Crippen LogP contribution in [0.1, 0.15) is 5.56 Å². The van der Waals surface area contributed by atoms with Crippen molar-refractivity contribution < 1.29 is 13.9 Å². The van der Waals surface area contributed by atoms with Crippen LogP contribution in [-0.2, 0) is 11.3 Å². The SMILES string of the molecule is O=C1COc2ccccc2CN1c1cccc(Cl)c1F. The molecule has 3 nitrogen and oxygen atoms in total. The first kappa shape index (κ1) is 12.9. The number of halogens is 2. The third-order valence-electron chi connectivity index (χ3n) is 3.18. The number of fused-ring (bicyclic) bond motifs is 1. The molecule has 2 aromatic carbocycles. The van der Waals surface area contributed by atoms with Crippen molar-refractivity contribution in [2.24, 2.45) is 0 Å². The minimum absolute atomic E-state index is 0.00579. The largest absolute Gasteiger partial charge is 0.483 e. The summed E-state index contributed by atoms with van der Waals surface area (Å²) in [5, 5.41) is -0.00579. The Hall–Kier alpha value is -2.07. The third kappa shape index (κ3) is 2.23. The van der Waals surface area contributed by atoms with E-state index in [1.54, 1.807) is 12.1 Å². The molecular formula is C15H11ClFNO2. The second kappa shape index (κ2) is 5.13. The van der Waals surface area contributed by atoms with Gasteiger partial charge in [-0.2, -0.15) is 0 Å². The summed E-state index contributed by atoms with van der Waals surface area (Å²) < 4.78 is 19.5. The highest BCUT2D eigenvalue weighted by molar-refractivity contribution is 6.31. The number of hydrogen-bond acceptors (Lipinski definition) is 2. The van der Waals surface area contributed by atoms with Gasteiger partial charge in [0.05, 0.1) is 17.3 Å². The van der Waals surface area contributed by atoms with Crippen LogP contribution in [0.2, 0.25) is 5.02 Å². The van der Waals surface area contributed by atoms with Gasteiger partial charge in [-0.15, -0.1) is 0 Å². The summed E-state index contributed by atoms with van der Waals surface area (Å²) in [5.74, 6) is -0.255. The zero-order valence-corrected chi connectivity index (χ0v) is 11.2. The Labute approximate surface area is 120 Å². The van der Waals surface area contributed by atoms with Crippen LogP contribution in [0, 0.1) is 5.82 Å². The van der Waals surface area contributed by atoms with Gasteiger partial charge in [-0.05, 0) is 18.2 Å². The monoisotopic (exact) mass is 291 g/mol. The molecule has 20 heavy (non-hydrogen) atoms. The molecule has 0 bridgehead atoms. The summed E-state index contributed by atoms with van der Waals surface area (Å²) in [6.07, 6.45) is 0. The zero-order valence-electron chi connectivity index (χ0n) is 10.5. The first-order chi connectivity index (χ1) is 9.66. The van der Waals surface area contributed by atoms with Gasteiger partial charge in [0, 0.05) is 5.56 Å². The van der Waals surface area contributed by atoms with E-state index in [1.165, 1.54) is 17.0 Å². The van der Waals surface area contributed by atoms with Crippen molar-refractivity contribution in [3.05, 3.63) is 58.9 Å². The molecule has 1 amide bonds. The Bertz CT molecular complexity index is 675. The van der Waals surface area contributed by atoms with E-state index in [4.69, 9.17) is 16.3 Å². The predicted octanol–water partition coefficient (Wildman–Crippen LogP) is 3.40. The van der Waals surface area contributed by atoms with Crippen LogP contribution in [0.3, 0.4) is 0 Å². The van der Waals surface area contributed by atoms with E-state index in [0.29, 0.717) is 5.75 Å². The maximum Gasteiger partial charge on any atom is 0.265 e. The van der Waals surface area contributed by atoms with Crippen LogP contribution in [-0.4, -0.2) is 12.5 Å². The average Bonchev–Trinajstić information content (AvgIpc) is 2.62. The molecule has 0 aliphatic carbocycles. The molecule has 0 radical (unpaired) electrons. The molecule has 102 valence electrons. The molecule has 5 heteroatoms. The van der Waals surface area contributed by atoms with E-state index in [0.717, 1.165) is 5.56 Å². The molecule has 2 aromatic rings. The van der Waals surface area contributed by atoms with Crippen molar-refractivity contribution in [1.29, 1.82) is 0 Å². The summed E-state index contributed by atoms with van der Waals surface area (Å²) in [7, 11) is 0. The molecule has 0 spiro atoms. The van der Waals surface area contributed by atoms with Crippen molar-refractivity contribution in [2.75, 3.05) is 11.5 Å². The van der Waals surface area contributed by atoms with Gasteiger partial charge in [-0.25, -0.2) is 4.39 Å². The van der Waals surface area contributed by atoms with Gasteiger partial charge in [-0.3, -0.25) is 4.79 Å². The summed E-state index contributed by atoms with van der Waals surface area (Å²) in [4.78, 5) is 13.5. The Balaban J connectivity index is 2.04. The van der Waals surface area contributed by atoms with Crippen molar-refractivity contribution in [3.63, 3.8) is 0 Å². The predicted molar refractivity (Wildman–Crippen MR) is 74.5 cm³/mol. The number of carbonyl (C=O) groups is 1. The Morgan fingerprint density at radius 2 is 1.95 bits per heavy atom. The van der Waals surface area contributed by atoms with Crippen LogP contribution in [0.15, 0.2) is 42.5 Å². The molecule has 0 saturated carbocycles. The highest BCUT2D eigenvalue weighted by atomic mass is 35.5. The minimum atomic E-state index is -0.595. The van der Waals surface area contributed by atoms with E-state index >= 15 is 0 Å². The molecule has 1 aliphatic heterocycles. The van der Waals surface area contributed by atoms with Gasteiger partial charge in [0.25, 0.3) is 5.91 Å². The lowest BCUT2D eigenvalue weighted by Gasteiger charge is -2.21. The normalized spacial score (nSPS) is 14.5. The number of hydrogen-bond donors (Lipinski definition) is 0. The van der Waals surface area contributed by atoms with Crippen LogP contribution < -0.4 is 9.64 Å². The fourth-order valence-corrected chi connectivity index (χ4v) is 2.34. The quantitative estimate of drug-likeness (QED) is 0.806. The minimum Gasteiger partial charge on any atom is -0.483 e. The lowest BCUT2D eigenvalue weighted by Crippen LogP contribution is -2.33. The average molecular weight is 292 g/mol. The van der Waals surface area contributed by atoms with Gasteiger partial charge in [0.15, 0.2) is 12.4 Å².